The molecule has 0 heterocycles. The molecular weight excluding hydrogens is 393 g/mol. The van der Waals surface area contributed by atoms with Crippen LogP contribution in [0.4, 0.5) is 4.39 Å². The van der Waals surface area contributed by atoms with E-state index in [1.165, 1.54) is 44.1 Å². The molecule has 0 spiro atoms. The predicted octanol–water partition coefficient (Wildman–Crippen LogP) is 8.27. The molecule has 0 N–H and O–H groups in total. The summed E-state index contributed by atoms with van der Waals surface area (Å²) < 4.78 is 15.2. The zero-order valence-corrected chi connectivity index (χ0v) is 19.0. The lowest BCUT2D eigenvalue weighted by Crippen LogP contribution is -2.13. The van der Waals surface area contributed by atoms with E-state index in [1.54, 1.807) is 0 Å². The van der Waals surface area contributed by atoms with E-state index in [-0.39, 0.29) is 5.82 Å². The van der Waals surface area contributed by atoms with Gasteiger partial charge in [0.25, 0.3) is 0 Å². The first-order valence-corrected chi connectivity index (χ1v) is 12.0. The molecule has 1 saturated carbocycles. The zero-order chi connectivity index (χ0) is 22.3. The Labute approximate surface area is 191 Å². The van der Waals surface area contributed by atoms with E-state index in [1.807, 2.05) is 36.4 Å². The minimum Gasteiger partial charge on any atom is -0.206 e. The first-order valence-electron chi connectivity index (χ1n) is 12.0. The number of rotatable bonds is 7. The van der Waals surface area contributed by atoms with Gasteiger partial charge in [-0.25, -0.2) is 4.39 Å². The molecule has 0 amide bonds. The molecular formula is C30H32FN. The Kier molecular flexibility index (Phi) is 7.38. The molecule has 0 atom stereocenters. The topological polar surface area (TPSA) is 23.8 Å². The first-order chi connectivity index (χ1) is 15.7. The summed E-state index contributed by atoms with van der Waals surface area (Å²) in [6, 6.07) is 20.1. The van der Waals surface area contributed by atoms with Crippen LogP contribution >= 0.6 is 0 Å². The maximum Gasteiger partial charge on any atom is 0.134 e. The van der Waals surface area contributed by atoms with E-state index >= 15 is 4.39 Å². The summed E-state index contributed by atoms with van der Waals surface area (Å²) in [4.78, 5) is 0. The molecule has 1 fully saturated rings. The maximum atomic E-state index is 15.2. The highest BCUT2D eigenvalue weighted by Gasteiger charge is 2.22. The van der Waals surface area contributed by atoms with Crippen LogP contribution in [0.3, 0.4) is 0 Å². The van der Waals surface area contributed by atoms with Crippen molar-refractivity contribution in [1.82, 2.24) is 0 Å². The number of allylic oxidation sites excluding steroid dienone is 2. The van der Waals surface area contributed by atoms with E-state index in [0.717, 1.165) is 34.2 Å². The second-order valence-electron chi connectivity index (χ2n) is 9.19. The third kappa shape index (κ3) is 5.28. The van der Waals surface area contributed by atoms with Crippen molar-refractivity contribution in [3.63, 3.8) is 0 Å². The minimum atomic E-state index is -0.0876. The van der Waals surface area contributed by atoms with Crippen LogP contribution in [0.25, 0.3) is 10.8 Å². The second-order valence-corrected chi connectivity index (χ2v) is 9.19. The van der Waals surface area contributed by atoms with Gasteiger partial charge in [0, 0.05) is 5.39 Å². The van der Waals surface area contributed by atoms with Crippen LogP contribution in [-0.4, -0.2) is 0 Å². The summed E-state index contributed by atoms with van der Waals surface area (Å²) in [6.45, 7) is 2.10. The van der Waals surface area contributed by atoms with Gasteiger partial charge in [-0.15, -0.1) is 0 Å². The average Bonchev–Trinajstić information content (AvgIpc) is 2.84. The smallest absolute Gasteiger partial charge is 0.134 e. The Bertz CT molecular complexity index is 1110. The van der Waals surface area contributed by atoms with Crippen LogP contribution in [0.5, 0.6) is 0 Å². The fourth-order valence-electron chi connectivity index (χ4n) is 5.11. The maximum absolute atomic E-state index is 15.2. The zero-order valence-electron chi connectivity index (χ0n) is 19.0. The van der Waals surface area contributed by atoms with E-state index < -0.39 is 0 Å². The molecule has 1 aliphatic rings. The molecule has 0 saturated heterocycles. The van der Waals surface area contributed by atoms with Gasteiger partial charge in [0.2, 0.25) is 0 Å². The van der Waals surface area contributed by atoms with Crippen molar-refractivity contribution in [2.45, 2.75) is 64.2 Å². The fraction of sp³-hybridized carbons (Fsp3) is 0.367. The molecule has 0 radical (unpaired) electrons. The normalized spacial score (nSPS) is 18.8. The van der Waals surface area contributed by atoms with Crippen molar-refractivity contribution in [3.05, 3.63) is 94.8 Å². The van der Waals surface area contributed by atoms with Crippen molar-refractivity contribution in [2.75, 3.05) is 0 Å². The monoisotopic (exact) mass is 425 g/mol. The summed E-state index contributed by atoms with van der Waals surface area (Å²) in [5.41, 5.74) is 3.91. The van der Waals surface area contributed by atoms with Gasteiger partial charge in [0.05, 0.1) is 11.6 Å². The lowest BCUT2D eigenvalue weighted by molar-refractivity contribution is 0.312. The van der Waals surface area contributed by atoms with E-state index in [2.05, 4.69) is 43.3 Å². The molecule has 3 aromatic carbocycles. The van der Waals surface area contributed by atoms with Gasteiger partial charge < -0.3 is 0 Å². The standard InChI is InChI=1S/C30H32FN/c1-2-3-4-5-22-10-13-25(14-11-22)27-18-19-29-28(20-27)17-16-26(30(29)31)15-12-23-6-8-24(21-32)9-7-23/h2-3,6-9,16-20,22,25H,4-5,10-15H2,1H3/b3-2+. The van der Waals surface area contributed by atoms with Gasteiger partial charge in [-0.1, -0.05) is 54.6 Å². The van der Waals surface area contributed by atoms with Crippen molar-refractivity contribution >= 4 is 10.8 Å². The molecule has 1 aliphatic carbocycles. The predicted molar refractivity (Wildman–Crippen MR) is 131 cm³/mol. The van der Waals surface area contributed by atoms with Gasteiger partial charge in [-0.3, -0.25) is 0 Å². The van der Waals surface area contributed by atoms with Crippen LogP contribution in [0.1, 0.15) is 73.6 Å². The van der Waals surface area contributed by atoms with E-state index in [0.29, 0.717) is 17.9 Å². The van der Waals surface area contributed by atoms with Crippen LogP contribution < -0.4 is 0 Å². The third-order valence-electron chi connectivity index (χ3n) is 7.12. The van der Waals surface area contributed by atoms with Crippen molar-refractivity contribution in [3.8, 4) is 6.07 Å². The number of hydrogen-bond acceptors (Lipinski definition) is 1. The lowest BCUT2D eigenvalue weighted by Gasteiger charge is -2.29. The number of aryl methyl sites for hydroxylation is 2. The molecule has 3 aromatic rings. The summed E-state index contributed by atoms with van der Waals surface area (Å²) >= 11 is 0. The number of fused-ring (bicyclic) bond motifs is 1. The molecule has 1 nitrogen and oxygen atoms in total. The van der Waals surface area contributed by atoms with Crippen molar-refractivity contribution in [2.24, 2.45) is 5.92 Å². The molecule has 32 heavy (non-hydrogen) atoms. The van der Waals surface area contributed by atoms with Gasteiger partial charge in [0.1, 0.15) is 5.82 Å². The lowest BCUT2D eigenvalue weighted by atomic mass is 9.77. The summed E-state index contributed by atoms with van der Waals surface area (Å²) in [5, 5.41) is 10.7. The molecule has 0 aromatic heterocycles. The molecule has 0 bridgehead atoms. The SMILES string of the molecule is C/C=C/CCC1CCC(c2ccc3c(F)c(CCc4ccc(C#N)cc4)ccc3c2)CC1. The third-order valence-corrected chi connectivity index (χ3v) is 7.12. The van der Waals surface area contributed by atoms with Gasteiger partial charge in [0.15, 0.2) is 0 Å². The van der Waals surface area contributed by atoms with Crippen LogP contribution in [0.15, 0.2) is 66.7 Å². The Morgan fingerprint density at radius 1 is 0.969 bits per heavy atom. The molecule has 0 unspecified atom stereocenters. The number of halogens is 1. The molecule has 0 aliphatic heterocycles. The minimum absolute atomic E-state index is 0.0876. The number of nitriles is 1. The largest absolute Gasteiger partial charge is 0.206 e. The summed E-state index contributed by atoms with van der Waals surface area (Å²) in [7, 11) is 0. The fourth-order valence-corrected chi connectivity index (χ4v) is 5.11. The summed E-state index contributed by atoms with van der Waals surface area (Å²) in [5.74, 6) is 1.38. The second kappa shape index (κ2) is 10.6. The highest BCUT2D eigenvalue weighted by molar-refractivity contribution is 5.84. The molecule has 4 rings (SSSR count). The van der Waals surface area contributed by atoms with Crippen molar-refractivity contribution in [1.29, 1.82) is 5.26 Å². The van der Waals surface area contributed by atoms with Crippen LogP contribution in [0, 0.1) is 23.1 Å². The van der Waals surface area contributed by atoms with Gasteiger partial charge in [-0.2, -0.15) is 5.26 Å². The van der Waals surface area contributed by atoms with E-state index in [9.17, 15) is 0 Å². The Balaban J connectivity index is 1.41. The average molecular weight is 426 g/mol. The highest BCUT2D eigenvalue weighted by atomic mass is 19.1. The molecule has 164 valence electrons. The molecule has 2 heteroatoms. The summed E-state index contributed by atoms with van der Waals surface area (Å²) in [6.07, 6.45) is 13.5. The van der Waals surface area contributed by atoms with E-state index in [4.69, 9.17) is 5.26 Å². The highest BCUT2D eigenvalue weighted by Crippen LogP contribution is 2.38. The number of hydrogen-bond donors (Lipinski definition) is 0. The van der Waals surface area contributed by atoms with Gasteiger partial charge in [-0.05, 0) is 104 Å². The van der Waals surface area contributed by atoms with Crippen LogP contribution in [0.2, 0.25) is 0 Å². The first kappa shape index (κ1) is 22.3. The quantitative estimate of drug-likeness (QED) is 0.349. The van der Waals surface area contributed by atoms with Gasteiger partial charge >= 0.3 is 0 Å². The Hall–Kier alpha value is -2.92. The number of benzene rings is 3. The Morgan fingerprint density at radius 3 is 2.47 bits per heavy atom. The number of nitrogens with zero attached hydrogens (tertiary/aromatic N) is 1. The van der Waals surface area contributed by atoms with Crippen molar-refractivity contribution < 1.29 is 4.39 Å². The Morgan fingerprint density at radius 2 is 1.75 bits per heavy atom. The van der Waals surface area contributed by atoms with Crippen LogP contribution in [-0.2, 0) is 12.8 Å².